The molecule has 4 aromatic carbocycles. The Balaban J connectivity index is 0.000000440. The maximum absolute atomic E-state index is 11.9. The molecule has 0 N–H and O–H groups in total. The van der Waals surface area contributed by atoms with E-state index in [0.717, 1.165) is 60.1 Å². The van der Waals surface area contributed by atoms with E-state index >= 15 is 0 Å². The van der Waals surface area contributed by atoms with Crippen molar-refractivity contribution in [2.75, 3.05) is 0 Å². The molecule has 0 fully saturated rings. The SMILES string of the molecule is CCCCCCCCCc1ccc2c(CCCCCCCCC)c(S(=O)(=O)[O-])ccc2c1.CCCCCCCCCc1ccc2c(CCCCCCCCC)c(S(=O)(=O)[O-])ccc2c1.[Ca+2]. The minimum Gasteiger partial charge on any atom is -0.744 e. The summed E-state index contributed by atoms with van der Waals surface area (Å²) in [5.74, 6) is 0. The molecule has 0 saturated carbocycles. The molecule has 65 heavy (non-hydrogen) atoms. The van der Waals surface area contributed by atoms with Gasteiger partial charge in [-0.15, -0.1) is 0 Å². The number of hydrogen-bond donors (Lipinski definition) is 0. The molecule has 4 aromatic rings. The van der Waals surface area contributed by atoms with E-state index in [1.54, 1.807) is 0 Å². The third kappa shape index (κ3) is 23.6. The van der Waals surface area contributed by atoms with Crippen LogP contribution in [-0.4, -0.2) is 63.7 Å². The summed E-state index contributed by atoms with van der Waals surface area (Å²) in [7, 11) is -8.93. The van der Waals surface area contributed by atoms with Crippen molar-refractivity contribution in [2.45, 2.75) is 243 Å². The van der Waals surface area contributed by atoms with Gasteiger partial charge in [0.1, 0.15) is 20.2 Å². The first-order valence-corrected chi connectivity index (χ1v) is 28.8. The van der Waals surface area contributed by atoms with Crippen LogP contribution in [0.4, 0.5) is 0 Å². The van der Waals surface area contributed by atoms with Gasteiger partial charge in [-0.25, -0.2) is 16.8 Å². The molecule has 360 valence electrons. The van der Waals surface area contributed by atoms with E-state index in [9.17, 15) is 25.9 Å². The van der Waals surface area contributed by atoms with Crippen molar-refractivity contribution >= 4 is 79.5 Å². The summed E-state index contributed by atoms with van der Waals surface area (Å²) in [4.78, 5) is -0.0633. The molecule has 0 unspecified atom stereocenters. The fourth-order valence-corrected chi connectivity index (χ4v) is 10.7. The monoisotopic (exact) mass is 959 g/mol. The van der Waals surface area contributed by atoms with Gasteiger partial charge in [0.15, 0.2) is 0 Å². The number of benzene rings is 4. The second-order valence-corrected chi connectivity index (χ2v) is 21.3. The smallest absolute Gasteiger partial charge is 0.744 e. The molecule has 0 aliphatic rings. The Morgan fingerprint density at radius 3 is 0.877 bits per heavy atom. The zero-order valence-electron chi connectivity index (χ0n) is 41.4. The van der Waals surface area contributed by atoms with Crippen molar-refractivity contribution in [3.63, 3.8) is 0 Å². The van der Waals surface area contributed by atoms with E-state index in [-0.39, 0.29) is 47.5 Å². The van der Waals surface area contributed by atoms with Crippen LogP contribution < -0.4 is 0 Å². The molecule has 0 saturated heterocycles. The summed E-state index contributed by atoms with van der Waals surface area (Å²) >= 11 is 0. The summed E-state index contributed by atoms with van der Waals surface area (Å²) in [6.07, 6.45) is 37.9. The van der Waals surface area contributed by atoms with E-state index in [2.05, 4.69) is 52.0 Å². The van der Waals surface area contributed by atoms with Crippen LogP contribution in [0, 0.1) is 0 Å². The van der Waals surface area contributed by atoms with Crippen molar-refractivity contribution in [2.24, 2.45) is 0 Å². The maximum atomic E-state index is 11.9. The number of aryl methyl sites for hydroxylation is 4. The Bertz CT molecular complexity index is 1960. The average Bonchev–Trinajstić information content (AvgIpc) is 3.27. The summed E-state index contributed by atoms with van der Waals surface area (Å²) < 4.78 is 71.3. The second-order valence-electron chi connectivity index (χ2n) is 18.6. The van der Waals surface area contributed by atoms with Gasteiger partial charge in [0.25, 0.3) is 0 Å². The average molecular weight is 960 g/mol. The normalized spacial score (nSPS) is 11.8. The molecular formula is C56H86CaO6S2. The Morgan fingerprint density at radius 2 is 0.600 bits per heavy atom. The van der Waals surface area contributed by atoms with Crippen molar-refractivity contribution in [1.29, 1.82) is 0 Å². The minimum atomic E-state index is -4.47. The number of hydrogen-bond acceptors (Lipinski definition) is 6. The third-order valence-corrected chi connectivity index (χ3v) is 14.9. The van der Waals surface area contributed by atoms with E-state index in [1.165, 1.54) is 177 Å². The second kappa shape index (κ2) is 34.7. The van der Waals surface area contributed by atoms with E-state index < -0.39 is 20.2 Å². The van der Waals surface area contributed by atoms with Gasteiger partial charge < -0.3 is 9.11 Å². The predicted octanol–water partition coefficient (Wildman–Crippen LogP) is 16.3. The van der Waals surface area contributed by atoms with Gasteiger partial charge >= 0.3 is 37.7 Å². The fraction of sp³-hybridized carbons (Fsp3) is 0.643. The molecule has 6 nitrogen and oxygen atoms in total. The molecule has 4 rings (SSSR count). The van der Waals surface area contributed by atoms with Crippen LogP contribution in [0.5, 0.6) is 0 Å². The minimum absolute atomic E-state index is 0. The molecule has 0 aliphatic heterocycles. The molecule has 0 aromatic heterocycles. The zero-order valence-corrected chi connectivity index (χ0v) is 45.2. The first kappa shape index (κ1) is 59.6. The van der Waals surface area contributed by atoms with Crippen LogP contribution >= 0.6 is 0 Å². The van der Waals surface area contributed by atoms with Gasteiger partial charge in [-0.3, -0.25) is 0 Å². The van der Waals surface area contributed by atoms with Gasteiger partial charge in [0.05, 0.1) is 9.79 Å². The van der Waals surface area contributed by atoms with E-state index in [4.69, 9.17) is 0 Å². The Labute approximate surface area is 427 Å². The van der Waals surface area contributed by atoms with Crippen molar-refractivity contribution in [3.8, 4) is 0 Å². The number of rotatable bonds is 34. The fourth-order valence-electron chi connectivity index (χ4n) is 9.23. The van der Waals surface area contributed by atoms with Gasteiger partial charge in [0, 0.05) is 0 Å². The number of fused-ring (bicyclic) bond motifs is 2. The first-order valence-electron chi connectivity index (χ1n) is 25.9. The molecule has 0 atom stereocenters. The van der Waals surface area contributed by atoms with Crippen LogP contribution in [0.1, 0.15) is 230 Å². The molecule has 0 spiro atoms. The van der Waals surface area contributed by atoms with E-state index in [1.807, 2.05) is 24.3 Å². The standard InChI is InChI=1S/2C28H44O3S.Ca/c2*1-3-5-7-9-11-13-15-17-24-19-21-26-25(23-24)20-22-28(32(29,30)31)27(26)18-16-14-12-10-8-6-4-2;/h2*19-23H,3-18H2,1-2H3,(H,29,30,31);/q;;+2/p-2. The van der Waals surface area contributed by atoms with Crippen molar-refractivity contribution in [3.05, 3.63) is 82.9 Å². The van der Waals surface area contributed by atoms with Crippen LogP contribution in [0.3, 0.4) is 0 Å². The van der Waals surface area contributed by atoms with Crippen LogP contribution in [-0.2, 0) is 45.9 Å². The van der Waals surface area contributed by atoms with Gasteiger partial charge in [-0.2, -0.15) is 0 Å². The molecule has 0 heterocycles. The van der Waals surface area contributed by atoms with Crippen molar-refractivity contribution < 1.29 is 25.9 Å². The molecule has 0 radical (unpaired) electrons. The summed E-state index contributed by atoms with van der Waals surface area (Å²) in [6.45, 7) is 8.92. The molecule has 0 bridgehead atoms. The quantitative estimate of drug-likeness (QED) is 0.0262. The third-order valence-electron chi connectivity index (χ3n) is 13.0. The molecule has 9 heteroatoms. The molecule has 0 amide bonds. The Morgan fingerprint density at radius 1 is 0.338 bits per heavy atom. The summed E-state index contributed by atoms with van der Waals surface area (Å²) in [6, 6.07) is 19.4. The maximum Gasteiger partial charge on any atom is 2.00 e. The Kier molecular flexibility index (Phi) is 31.8. The number of unbranched alkanes of at least 4 members (excludes halogenated alkanes) is 24. The van der Waals surface area contributed by atoms with Crippen LogP contribution in [0.15, 0.2) is 70.5 Å². The van der Waals surface area contributed by atoms with Crippen molar-refractivity contribution in [1.82, 2.24) is 0 Å². The predicted molar refractivity (Wildman–Crippen MR) is 276 cm³/mol. The zero-order chi connectivity index (χ0) is 46.5. The summed E-state index contributed by atoms with van der Waals surface area (Å²) in [5, 5.41) is 3.96. The van der Waals surface area contributed by atoms with Gasteiger partial charge in [-0.05, 0) is 107 Å². The largest absolute Gasteiger partial charge is 2.00 e. The molecule has 0 aliphatic carbocycles. The van der Waals surface area contributed by atoms with Gasteiger partial charge in [-0.1, -0.05) is 230 Å². The topological polar surface area (TPSA) is 114 Å². The van der Waals surface area contributed by atoms with Crippen LogP contribution in [0.25, 0.3) is 21.5 Å². The first-order chi connectivity index (χ1) is 30.9. The summed E-state index contributed by atoms with van der Waals surface area (Å²) in [5.41, 5.74) is 4.03. The van der Waals surface area contributed by atoms with Crippen LogP contribution in [0.2, 0.25) is 0 Å². The van der Waals surface area contributed by atoms with Gasteiger partial charge in [0.2, 0.25) is 0 Å². The Hall–Kier alpha value is -1.52. The van der Waals surface area contributed by atoms with E-state index in [0.29, 0.717) is 24.0 Å². The molecular weight excluding hydrogens is 873 g/mol.